The molecular formula is C26H24. The predicted octanol–water partition coefficient (Wildman–Crippen LogP) is 7.12. The fourth-order valence-corrected chi connectivity index (χ4v) is 3.96. The molecule has 0 nitrogen and oxygen atoms in total. The van der Waals surface area contributed by atoms with E-state index in [-0.39, 0.29) is 0 Å². The molecule has 128 valence electrons. The first-order valence-electron chi connectivity index (χ1n) is 9.47. The zero-order chi connectivity index (χ0) is 17.6. The lowest BCUT2D eigenvalue weighted by molar-refractivity contribution is 0.862. The Labute approximate surface area is 156 Å². The molecule has 1 unspecified atom stereocenters. The molecule has 0 heterocycles. The number of benzene rings is 3. The molecule has 0 heteroatoms. The van der Waals surface area contributed by atoms with Crippen LogP contribution in [0.4, 0.5) is 0 Å². The molecule has 0 aliphatic heterocycles. The summed E-state index contributed by atoms with van der Waals surface area (Å²) in [6, 6.07) is 32.8. The summed E-state index contributed by atoms with van der Waals surface area (Å²) in [6.45, 7) is 0. The van der Waals surface area contributed by atoms with Gasteiger partial charge in [-0.3, -0.25) is 0 Å². The van der Waals surface area contributed by atoms with Crippen LogP contribution >= 0.6 is 0 Å². The van der Waals surface area contributed by atoms with Crippen LogP contribution < -0.4 is 0 Å². The van der Waals surface area contributed by atoms with Crippen molar-refractivity contribution in [1.82, 2.24) is 0 Å². The summed E-state index contributed by atoms with van der Waals surface area (Å²) in [7, 11) is 0. The smallest absolute Gasteiger partial charge is 0.0133 e. The average molecular weight is 336 g/mol. The van der Waals surface area contributed by atoms with Crippen molar-refractivity contribution in [3.05, 3.63) is 120 Å². The highest BCUT2D eigenvalue weighted by molar-refractivity contribution is 5.94. The van der Waals surface area contributed by atoms with Crippen LogP contribution in [0.5, 0.6) is 0 Å². The fourth-order valence-electron chi connectivity index (χ4n) is 3.96. The van der Waals surface area contributed by atoms with Crippen LogP contribution in [0.3, 0.4) is 0 Å². The molecule has 3 aromatic carbocycles. The van der Waals surface area contributed by atoms with Crippen LogP contribution in [0.15, 0.2) is 103 Å². The van der Waals surface area contributed by atoms with Crippen LogP contribution in [0.1, 0.15) is 41.9 Å². The molecule has 1 aliphatic rings. The Morgan fingerprint density at radius 2 is 1.15 bits per heavy atom. The molecule has 0 radical (unpaired) electrons. The van der Waals surface area contributed by atoms with Gasteiger partial charge in [-0.25, -0.2) is 0 Å². The number of allylic oxidation sites excluding steroid dienone is 4. The predicted molar refractivity (Wildman–Crippen MR) is 112 cm³/mol. The minimum atomic E-state index is 0.380. The molecule has 0 amide bonds. The molecule has 0 N–H and O–H groups in total. The van der Waals surface area contributed by atoms with Gasteiger partial charge in [0, 0.05) is 5.92 Å². The minimum absolute atomic E-state index is 0.380. The third-order valence-corrected chi connectivity index (χ3v) is 5.18. The molecule has 0 fully saturated rings. The van der Waals surface area contributed by atoms with Gasteiger partial charge in [-0.05, 0) is 47.1 Å². The van der Waals surface area contributed by atoms with Crippen molar-refractivity contribution in [2.75, 3.05) is 0 Å². The summed E-state index contributed by atoms with van der Waals surface area (Å²) in [5, 5.41) is 0. The van der Waals surface area contributed by atoms with Crippen molar-refractivity contribution < 1.29 is 0 Å². The van der Waals surface area contributed by atoms with E-state index in [0.717, 1.165) is 19.3 Å². The molecule has 1 atom stereocenters. The van der Waals surface area contributed by atoms with E-state index in [9.17, 15) is 0 Å². The second-order valence-corrected chi connectivity index (χ2v) is 6.83. The van der Waals surface area contributed by atoms with Gasteiger partial charge in [-0.15, -0.1) is 0 Å². The van der Waals surface area contributed by atoms with E-state index in [2.05, 4.69) is 103 Å². The fraction of sp³-hybridized carbons (Fsp3) is 0.154. The lowest BCUT2D eigenvalue weighted by Crippen LogP contribution is -2.06. The number of hydrogen-bond donors (Lipinski definition) is 0. The largest absolute Gasteiger partial charge is 0.0882 e. The SMILES string of the molecule is C1=C\CC(c2ccccc2)/C(c2ccccc2)=C(/c2ccccc2)CC/1. The Hall–Kier alpha value is -2.86. The van der Waals surface area contributed by atoms with Crippen molar-refractivity contribution in [2.45, 2.75) is 25.2 Å². The zero-order valence-corrected chi connectivity index (χ0v) is 15.0. The molecular weight excluding hydrogens is 312 g/mol. The Morgan fingerprint density at radius 3 is 1.81 bits per heavy atom. The quantitative estimate of drug-likeness (QED) is 0.447. The summed E-state index contributed by atoms with van der Waals surface area (Å²) < 4.78 is 0. The van der Waals surface area contributed by atoms with Crippen molar-refractivity contribution >= 4 is 11.1 Å². The van der Waals surface area contributed by atoms with Crippen LogP contribution in [0, 0.1) is 0 Å². The first-order valence-corrected chi connectivity index (χ1v) is 9.47. The summed E-state index contributed by atoms with van der Waals surface area (Å²) in [4.78, 5) is 0. The first-order chi connectivity index (χ1) is 12.9. The van der Waals surface area contributed by atoms with E-state index in [1.54, 1.807) is 0 Å². The molecule has 0 aromatic heterocycles. The molecule has 26 heavy (non-hydrogen) atoms. The molecule has 1 aliphatic carbocycles. The van der Waals surface area contributed by atoms with Gasteiger partial charge >= 0.3 is 0 Å². The topological polar surface area (TPSA) is 0 Å². The van der Waals surface area contributed by atoms with Crippen molar-refractivity contribution in [2.24, 2.45) is 0 Å². The van der Waals surface area contributed by atoms with E-state index < -0.39 is 0 Å². The van der Waals surface area contributed by atoms with E-state index in [4.69, 9.17) is 0 Å². The van der Waals surface area contributed by atoms with Crippen LogP contribution in [-0.4, -0.2) is 0 Å². The normalized spacial score (nSPS) is 21.6. The molecule has 0 saturated carbocycles. The number of rotatable bonds is 3. The van der Waals surface area contributed by atoms with Gasteiger partial charge in [0.05, 0.1) is 0 Å². The van der Waals surface area contributed by atoms with Crippen molar-refractivity contribution in [3.63, 3.8) is 0 Å². The van der Waals surface area contributed by atoms with Gasteiger partial charge in [0.1, 0.15) is 0 Å². The van der Waals surface area contributed by atoms with Gasteiger partial charge in [-0.2, -0.15) is 0 Å². The minimum Gasteiger partial charge on any atom is -0.0882 e. The van der Waals surface area contributed by atoms with Crippen molar-refractivity contribution in [3.8, 4) is 0 Å². The average Bonchev–Trinajstić information content (AvgIpc) is 2.70. The van der Waals surface area contributed by atoms with E-state index in [1.165, 1.54) is 27.8 Å². The highest BCUT2D eigenvalue weighted by Crippen LogP contribution is 2.43. The highest BCUT2D eigenvalue weighted by atomic mass is 14.3. The standard InChI is InChI=1S/C26H24/c1-5-13-21(14-6-1)24-19-11-4-12-20-25(22-15-7-2-8-16-22)26(24)23-17-9-3-10-18-23/h1-11,13-18,24H,12,19-20H2/b11-4-,26-25+. The lowest BCUT2D eigenvalue weighted by atomic mass is 9.78. The first kappa shape index (κ1) is 16.6. The maximum absolute atomic E-state index is 2.36. The van der Waals surface area contributed by atoms with Crippen LogP contribution in [-0.2, 0) is 0 Å². The van der Waals surface area contributed by atoms with Gasteiger partial charge in [0.15, 0.2) is 0 Å². The molecule has 0 bridgehead atoms. The molecule has 4 rings (SSSR count). The molecule has 0 spiro atoms. The van der Waals surface area contributed by atoms with Crippen LogP contribution in [0.2, 0.25) is 0 Å². The van der Waals surface area contributed by atoms with Gasteiger partial charge in [0.2, 0.25) is 0 Å². The van der Waals surface area contributed by atoms with Gasteiger partial charge < -0.3 is 0 Å². The monoisotopic (exact) mass is 336 g/mol. The van der Waals surface area contributed by atoms with Crippen LogP contribution in [0.25, 0.3) is 11.1 Å². The summed E-state index contributed by atoms with van der Waals surface area (Å²) >= 11 is 0. The summed E-state index contributed by atoms with van der Waals surface area (Å²) in [6.07, 6.45) is 7.93. The van der Waals surface area contributed by atoms with Crippen molar-refractivity contribution in [1.29, 1.82) is 0 Å². The maximum atomic E-state index is 2.36. The Morgan fingerprint density at radius 1 is 0.577 bits per heavy atom. The summed E-state index contributed by atoms with van der Waals surface area (Å²) in [5.41, 5.74) is 7.05. The molecule has 0 saturated heterocycles. The second kappa shape index (κ2) is 8.01. The third kappa shape index (κ3) is 3.55. The zero-order valence-electron chi connectivity index (χ0n) is 15.0. The molecule has 3 aromatic rings. The number of hydrogen-bond acceptors (Lipinski definition) is 0. The Bertz CT molecular complexity index is 887. The Kier molecular flexibility index (Phi) is 5.12. The van der Waals surface area contributed by atoms with E-state index in [1.807, 2.05) is 0 Å². The summed E-state index contributed by atoms with van der Waals surface area (Å²) in [5.74, 6) is 0.380. The lowest BCUT2D eigenvalue weighted by Gasteiger charge is -2.26. The third-order valence-electron chi connectivity index (χ3n) is 5.18. The van der Waals surface area contributed by atoms with Gasteiger partial charge in [-0.1, -0.05) is 103 Å². The second-order valence-electron chi connectivity index (χ2n) is 6.83. The Balaban J connectivity index is 1.95. The maximum Gasteiger partial charge on any atom is 0.0133 e. The van der Waals surface area contributed by atoms with E-state index >= 15 is 0 Å². The van der Waals surface area contributed by atoms with E-state index in [0.29, 0.717) is 5.92 Å². The highest BCUT2D eigenvalue weighted by Gasteiger charge is 2.22. The van der Waals surface area contributed by atoms with Gasteiger partial charge in [0.25, 0.3) is 0 Å².